The van der Waals surface area contributed by atoms with Gasteiger partial charge in [0.05, 0.1) is 19.9 Å². The van der Waals surface area contributed by atoms with Crippen LogP contribution in [0.3, 0.4) is 0 Å². The number of rotatable bonds is 5. The van der Waals surface area contributed by atoms with E-state index in [1.807, 2.05) is 0 Å². The number of halogens is 2. The van der Waals surface area contributed by atoms with Crippen LogP contribution in [0.1, 0.15) is 37.2 Å². The number of amides is 2. The monoisotopic (exact) mass is 419 g/mol. The molecule has 2 amide bonds. The number of pyridine rings is 1. The van der Waals surface area contributed by atoms with Gasteiger partial charge in [-0.2, -0.15) is 0 Å². The average molecular weight is 419 g/mol. The molecule has 1 saturated carbocycles. The fourth-order valence-corrected chi connectivity index (χ4v) is 3.34. The van der Waals surface area contributed by atoms with Crippen molar-refractivity contribution in [2.75, 3.05) is 19.1 Å². The Labute approximate surface area is 173 Å². The van der Waals surface area contributed by atoms with E-state index in [0.717, 1.165) is 37.0 Å². The fourth-order valence-electron chi connectivity index (χ4n) is 3.34. The molecule has 1 aliphatic rings. The van der Waals surface area contributed by atoms with Gasteiger partial charge in [-0.15, -0.1) is 0 Å². The highest BCUT2D eigenvalue weighted by Gasteiger charge is 2.40. The molecular weight excluding hydrogens is 396 g/mol. The molecule has 0 bridgehead atoms. The van der Waals surface area contributed by atoms with Crippen LogP contribution in [0.2, 0.25) is 0 Å². The Bertz CT molecular complexity index is 960. The van der Waals surface area contributed by atoms with Gasteiger partial charge < -0.3 is 14.8 Å². The number of nitrogens with one attached hydrogen (secondary N) is 1. The lowest BCUT2D eigenvalue weighted by atomic mass is 9.67. The highest BCUT2D eigenvalue weighted by molar-refractivity contribution is 5.98. The van der Waals surface area contributed by atoms with E-state index in [-0.39, 0.29) is 34.4 Å². The zero-order chi connectivity index (χ0) is 22.1. The largest absolute Gasteiger partial charge is 0.494 e. The molecule has 7 nitrogen and oxygen atoms in total. The molecule has 30 heavy (non-hydrogen) atoms. The molecule has 0 aliphatic heterocycles. The Hall–Kier alpha value is -3.23. The summed E-state index contributed by atoms with van der Waals surface area (Å²) in [6.45, 7) is 4.11. The van der Waals surface area contributed by atoms with E-state index in [1.165, 1.54) is 19.2 Å². The molecule has 2 aromatic rings. The van der Waals surface area contributed by atoms with E-state index in [2.05, 4.69) is 24.1 Å². The third-order valence-electron chi connectivity index (χ3n) is 5.30. The van der Waals surface area contributed by atoms with Gasteiger partial charge in [0.1, 0.15) is 23.2 Å². The van der Waals surface area contributed by atoms with Crippen LogP contribution in [-0.2, 0) is 4.74 Å². The maximum absolute atomic E-state index is 13.7. The van der Waals surface area contributed by atoms with Gasteiger partial charge in [-0.3, -0.25) is 4.79 Å². The first-order chi connectivity index (χ1) is 14.2. The lowest BCUT2D eigenvalue weighted by molar-refractivity contribution is 0.0725. The number of hydrogen-bond acceptors (Lipinski definition) is 5. The van der Waals surface area contributed by atoms with Crippen LogP contribution in [0, 0.1) is 17.0 Å². The summed E-state index contributed by atoms with van der Waals surface area (Å²) in [5.41, 5.74) is -0.218. The molecule has 1 aliphatic carbocycles. The molecule has 0 spiro atoms. The van der Waals surface area contributed by atoms with Crippen LogP contribution in [0.25, 0.3) is 0 Å². The number of anilines is 2. The van der Waals surface area contributed by atoms with Gasteiger partial charge in [0, 0.05) is 12.1 Å². The molecule has 1 unspecified atom stereocenters. The van der Waals surface area contributed by atoms with E-state index in [9.17, 15) is 18.4 Å². The number of carbonyl (C=O) groups excluding carboxylic acids is 2. The minimum atomic E-state index is -0.927. The van der Waals surface area contributed by atoms with Crippen LogP contribution in [-0.4, -0.2) is 37.2 Å². The summed E-state index contributed by atoms with van der Waals surface area (Å²) < 4.78 is 37.5. The van der Waals surface area contributed by atoms with Crippen molar-refractivity contribution in [3.05, 3.63) is 47.7 Å². The van der Waals surface area contributed by atoms with Crippen molar-refractivity contribution in [3.8, 4) is 5.75 Å². The van der Waals surface area contributed by atoms with Crippen molar-refractivity contribution in [1.29, 1.82) is 0 Å². The molecule has 1 fully saturated rings. The molecule has 0 radical (unpaired) electrons. The zero-order valence-electron chi connectivity index (χ0n) is 17.2. The maximum atomic E-state index is 13.7. The molecule has 1 aromatic heterocycles. The number of aromatic nitrogens is 1. The van der Waals surface area contributed by atoms with E-state index >= 15 is 0 Å². The zero-order valence-corrected chi connectivity index (χ0v) is 17.2. The van der Waals surface area contributed by atoms with Crippen LogP contribution in [0.5, 0.6) is 5.75 Å². The highest BCUT2D eigenvalue weighted by atomic mass is 19.1. The predicted octanol–water partition coefficient (Wildman–Crippen LogP) is 4.19. The third kappa shape index (κ3) is 4.19. The molecule has 1 aromatic carbocycles. The lowest BCUT2D eigenvalue weighted by Crippen LogP contribution is -2.52. The normalized spacial score (nSPS) is 16.9. The first-order valence-electron chi connectivity index (χ1n) is 9.36. The number of benzene rings is 1. The van der Waals surface area contributed by atoms with Gasteiger partial charge in [0.15, 0.2) is 5.69 Å². The van der Waals surface area contributed by atoms with Gasteiger partial charge >= 0.3 is 6.09 Å². The third-order valence-corrected chi connectivity index (χ3v) is 5.30. The summed E-state index contributed by atoms with van der Waals surface area (Å²) in [5.74, 6) is -2.08. The molecule has 9 heteroatoms. The van der Waals surface area contributed by atoms with Crippen molar-refractivity contribution >= 4 is 23.5 Å². The summed E-state index contributed by atoms with van der Waals surface area (Å²) >= 11 is 0. The highest BCUT2D eigenvalue weighted by Crippen LogP contribution is 2.40. The summed E-state index contributed by atoms with van der Waals surface area (Å²) in [5, 5.41) is 2.93. The molecule has 160 valence electrons. The van der Waals surface area contributed by atoms with Gasteiger partial charge in [-0.05, 0) is 42.5 Å². The van der Waals surface area contributed by atoms with Gasteiger partial charge in [-0.1, -0.05) is 13.8 Å². The Balaban J connectivity index is 2.01. The average Bonchev–Trinajstić information content (AvgIpc) is 2.70. The molecule has 0 saturated heterocycles. The van der Waals surface area contributed by atoms with Crippen molar-refractivity contribution in [1.82, 2.24) is 10.3 Å². The minimum absolute atomic E-state index is 0.0193. The number of nitrogens with zero attached hydrogens (tertiary/aromatic N) is 2. The smallest absolute Gasteiger partial charge is 0.419 e. The predicted molar refractivity (Wildman–Crippen MR) is 106 cm³/mol. The molecule has 3 rings (SSSR count). The standard InChI is InChI=1S/C21H23F2N3O4/c1-21(2)8-7-16(21)24-19(27)18-15(29-3)5-6-17(25-18)26(20(28)30-4)14-10-12(22)9-13(23)11-14/h5-6,9-11,16H,7-8H2,1-4H3,(H,24,27). The Kier molecular flexibility index (Phi) is 5.91. The van der Waals surface area contributed by atoms with Crippen LogP contribution in [0.4, 0.5) is 25.1 Å². The van der Waals surface area contributed by atoms with Gasteiger partial charge in [0.2, 0.25) is 0 Å². The first kappa shape index (κ1) is 21.5. The van der Waals surface area contributed by atoms with Crippen molar-refractivity contribution in [2.45, 2.75) is 32.7 Å². The maximum Gasteiger partial charge on any atom is 0.419 e. The summed E-state index contributed by atoms with van der Waals surface area (Å²) in [7, 11) is 2.52. The Morgan fingerprint density at radius 3 is 2.33 bits per heavy atom. The molecular formula is C21H23F2N3O4. The van der Waals surface area contributed by atoms with Gasteiger partial charge in [-0.25, -0.2) is 23.5 Å². The quantitative estimate of drug-likeness (QED) is 0.786. The van der Waals surface area contributed by atoms with Crippen molar-refractivity contribution < 1.29 is 27.8 Å². The van der Waals surface area contributed by atoms with E-state index in [1.54, 1.807) is 0 Å². The van der Waals surface area contributed by atoms with E-state index in [4.69, 9.17) is 9.47 Å². The molecule has 1 heterocycles. The SMILES string of the molecule is COC(=O)N(c1cc(F)cc(F)c1)c1ccc(OC)c(C(=O)NC2CCC2(C)C)n1. The summed E-state index contributed by atoms with van der Waals surface area (Å²) in [6.07, 6.45) is 0.908. The minimum Gasteiger partial charge on any atom is -0.494 e. The van der Waals surface area contributed by atoms with E-state index in [0.29, 0.717) is 6.07 Å². The van der Waals surface area contributed by atoms with Crippen molar-refractivity contribution in [3.63, 3.8) is 0 Å². The molecule has 1 atom stereocenters. The molecule has 1 N–H and O–H groups in total. The van der Waals surface area contributed by atoms with Crippen molar-refractivity contribution in [2.24, 2.45) is 5.41 Å². The second-order valence-electron chi connectivity index (χ2n) is 7.71. The number of ether oxygens (including phenoxy) is 2. The van der Waals surface area contributed by atoms with Gasteiger partial charge in [0.25, 0.3) is 5.91 Å². The number of carbonyl (C=O) groups is 2. The number of hydrogen-bond donors (Lipinski definition) is 1. The topological polar surface area (TPSA) is 80.8 Å². The Morgan fingerprint density at radius 2 is 1.83 bits per heavy atom. The van der Waals surface area contributed by atoms with Crippen LogP contribution >= 0.6 is 0 Å². The number of methoxy groups -OCH3 is 2. The van der Waals surface area contributed by atoms with E-state index < -0.39 is 23.6 Å². The second-order valence-corrected chi connectivity index (χ2v) is 7.71. The summed E-state index contributed by atoms with van der Waals surface area (Å²) in [6, 6.07) is 5.43. The Morgan fingerprint density at radius 1 is 1.17 bits per heavy atom. The second kappa shape index (κ2) is 8.25. The lowest BCUT2D eigenvalue weighted by Gasteiger charge is -2.44. The fraction of sp³-hybridized carbons (Fsp3) is 0.381. The van der Waals surface area contributed by atoms with Crippen LogP contribution < -0.4 is 15.0 Å². The van der Waals surface area contributed by atoms with Crippen LogP contribution in [0.15, 0.2) is 30.3 Å². The summed E-state index contributed by atoms with van der Waals surface area (Å²) in [4.78, 5) is 30.4. The first-order valence-corrected chi connectivity index (χ1v) is 9.36.